The maximum absolute atomic E-state index is 11.8. The van der Waals surface area contributed by atoms with Gasteiger partial charge in [0.2, 0.25) is 0 Å². The summed E-state index contributed by atoms with van der Waals surface area (Å²) in [4.78, 5) is 24.0. The molecule has 0 aromatic rings. The summed E-state index contributed by atoms with van der Waals surface area (Å²) in [7, 11) is 1.32. The van der Waals surface area contributed by atoms with Crippen molar-refractivity contribution in [2.24, 2.45) is 11.7 Å². The van der Waals surface area contributed by atoms with Crippen molar-refractivity contribution in [3.8, 4) is 0 Å². The van der Waals surface area contributed by atoms with E-state index in [1.54, 1.807) is 4.90 Å². The van der Waals surface area contributed by atoms with Gasteiger partial charge in [0.1, 0.15) is 0 Å². The zero-order chi connectivity index (χ0) is 17.6. The van der Waals surface area contributed by atoms with Crippen LogP contribution in [0.15, 0.2) is 11.5 Å². The Morgan fingerprint density at radius 2 is 2.04 bits per heavy atom. The van der Waals surface area contributed by atoms with Crippen molar-refractivity contribution in [2.75, 3.05) is 7.11 Å². The fourth-order valence-corrected chi connectivity index (χ4v) is 3.09. The number of hydrogen-bond acceptors (Lipinski definition) is 7. The van der Waals surface area contributed by atoms with Crippen molar-refractivity contribution in [3.05, 3.63) is 21.6 Å². The summed E-state index contributed by atoms with van der Waals surface area (Å²) in [6.07, 6.45) is 4.55. The second kappa shape index (κ2) is 8.50. The van der Waals surface area contributed by atoms with Gasteiger partial charge in [-0.1, -0.05) is 26.7 Å². The maximum Gasteiger partial charge on any atom is 0.326 e. The number of nitro groups is 1. The van der Waals surface area contributed by atoms with Crippen LogP contribution < -0.4 is 5.73 Å². The topological polar surface area (TPSA) is 123 Å². The maximum atomic E-state index is 11.8. The number of esters is 1. The lowest BCUT2D eigenvalue weighted by Crippen LogP contribution is -2.48. The highest BCUT2D eigenvalue weighted by Crippen LogP contribution is 2.31. The van der Waals surface area contributed by atoms with Gasteiger partial charge in [0, 0.05) is 12.1 Å². The third-order valence-electron chi connectivity index (χ3n) is 4.32. The van der Waals surface area contributed by atoms with E-state index < -0.39 is 10.6 Å². The number of nitrogens with zero attached hydrogens (tertiary/aromatic N) is 2. The molecule has 1 fully saturated rings. The number of allylic oxidation sites excluding steroid dienone is 1. The van der Waals surface area contributed by atoms with E-state index in [1.807, 2.05) is 13.8 Å². The smallest absolute Gasteiger partial charge is 0.326 e. The molecule has 0 aromatic carbocycles. The number of nitrogens with two attached hydrogens (primary N) is 1. The van der Waals surface area contributed by atoms with Crippen molar-refractivity contribution in [2.45, 2.75) is 58.0 Å². The van der Waals surface area contributed by atoms with Gasteiger partial charge in [-0.3, -0.25) is 14.9 Å². The largest absolute Gasteiger partial charge is 0.469 e. The summed E-state index contributed by atoms with van der Waals surface area (Å²) in [6.45, 7) is 3.89. The van der Waals surface area contributed by atoms with Crippen molar-refractivity contribution < 1.29 is 14.5 Å². The average Bonchev–Trinajstić information content (AvgIpc) is 3.00. The second-order valence-corrected chi connectivity index (χ2v) is 6.11. The van der Waals surface area contributed by atoms with Gasteiger partial charge in [-0.2, -0.15) is 0 Å². The first-order chi connectivity index (χ1) is 10.8. The van der Waals surface area contributed by atoms with E-state index in [0.29, 0.717) is 6.21 Å². The van der Waals surface area contributed by atoms with Crippen LogP contribution in [0, 0.1) is 21.4 Å². The Hall–Kier alpha value is -2.12. The molecule has 0 saturated heterocycles. The van der Waals surface area contributed by atoms with Crippen molar-refractivity contribution in [3.63, 3.8) is 0 Å². The molecule has 0 aromatic heterocycles. The van der Waals surface area contributed by atoms with Crippen LogP contribution in [0.5, 0.6) is 0 Å². The van der Waals surface area contributed by atoms with Gasteiger partial charge in [-0.25, -0.2) is 0 Å². The minimum atomic E-state index is -0.653. The Kier molecular flexibility index (Phi) is 6.99. The molecule has 1 aliphatic carbocycles. The molecular formula is C15H26N4O4. The SMILES string of the molecule is COC(=O)CC(C(C)C)N(/C(N)=C(/C=N)[N+](=O)[O-])C1CCCC1. The minimum absolute atomic E-state index is 0.0421. The van der Waals surface area contributed by atoms with Crippen LogP contribution in [0.4, 0.5) is 0 Å². The van der Waals surface area contributed by atoms with Crippen LogP contribution in [0.25, 0.3) is 0 Å². The predicted octanol–water partition coefficient (Wildman–Crippen LogP) is 1.87. The Morgan fingerprint density at radius 3 is 2.43 bits per heavy atom. The van der Waals surface area contributed by atoms with Crippen LogP contribution >= 0.6 is 0 Å². The molecule has 1 saturated carbocycles. The number of nitrogens with one attached hydrogen (secondary N) is 1. The van der Waals surface area contributed by atoms with Gasteiger partial charge in [0.15, 0.2) is 5.82 Å². The molecule has 8 heteroatoms. The standard InChI is InChI=1S/C15H26N4O4/c1-10(2)12(8-14(20)23-3)18(11-6-4-5-7-11)15(17)13(9-16)19(21)22/h9-12,16H,4-8,17H2,1-3H3/b15-13-,16-9?. The fraction of sp³-hybridized carbons (Fsp3) is 0.733. The van der Waals surface area contributed by atoms with Crippen LogP contribution in [-0.4, -0.2) is 41.2 Å². The summed E-state index contributed by atoms with van der Waals surface area (Å²) >= 11 is 0. The molecule has 0 aliphatic heterocycles. The molecule has 1 aliphatic rings. The summed E-state index contributed by atoms with van der Waals surface area (Å²) in [5.74, 6) is -0.372. The van der Waals surface area contributed by atoms with Gasteiger partial charge in [0.05, 0.1) is 24.7 Å². The Labute approximate surface area is 136 Å². The first kappa shape index (κ1) is 18.9. The monoisotopic (exact) mass is 326 g/mol. The Bertz CT molecular complexity index is 484. The highest BCUT2D eigenvalue weighted by molar-refractivity contribution is 5.73. The number of carbonyl (C=O) groups excluding carboxylic acids is 1. The summed E-state index contributed by atoms with van der Waals surface area (Å²) in [5, 5.41) is 18.4. The molecule has 23 heavy (non-hydrogen) atoms. The molecule has 0 bridgehead atoms. The van der Waals surface area contributed by atoms with Crippen molar-refractivity contribution in [1.82, 2.24) is 4.90 Å². The summed E-state index contributed by atoms with van der Waals surface area (Å²) in [6, 6.07) is -0.262. The first-order valence-corrected chi connectivity index (χ1v) is 7.83. The van der Waals surface area contributed by atoms with Crippen LogP contribution in [0.3, 0.4) is 0 Å². The van der Waals surface area contributed by atoms with Crippen LogP contribution in [0.1, 0.15) is 46.0 Å². The number of ether oxygens (including phenoxy) is 1. The molecule has 0 spiro atoms. The van der Waals surface area contributed by atoms with E-state index in [1.165, 1.54) is 7.11 Å². The molecule has 130 valence electrons. The number of methoxy groups -OCH3 is 1. The molecule has 1 unspecified atom stereocenters. The molecule has 1 atom stereocenters. The minimum Gasteiger partial charge on any atom is -0.469 e. The van der Waals surface area contributed by atoms with Crippen LogP contribution in [0.2, 0.25) is 0 Å². The second-order valence-electron chi connectivity index (χ2n) is 6.11. The Morgan fingerprint density at radius 1 is 1.48 bits per heavy atom. The normalized spacial score (nSPS) is 17.6. The van der Waals surface area contributed by atoms with E-state index in [4.69, 9.17) is 15.9 Å². The molecule has 3 N–H and O–H groups in total. The fourth-order valence-electron chi connectivity index (χ4n) is 3.09. The summed E-state index contributed by atoms with van der Waals surface area (Å²) in [5.41, 5.74) is 5.63. The van der Waals surface area contributed by atoms with Gasteiger partial charge < -0.3 is 20.8 Å². The van der Waals surface area contributed by atoms with Crippen molar-refractivity contribution >= 4 is 12.2 Å². The third kappa shape index (κ3) is 4.67. The number of rotatable bonds is 8. The number of carbonyl (C=O) groups is 1. The predicted molar refractivity (Wildman–Crippen MR) is 86.3 cm³/mol. The van der Waals surface area contributed by atoms with Crippen molar-refractivity contribution in [1.29, 1.82) is 5.41 Å². The van der Waals surface area contributed by atoms with E-state index >= 15 is 0 Å². The molecule has 0 radical (unpaired) electrons. The zero-order valence-electron chi connectivity index (χ0n) is 13.9. The average molecular weight is 326 g/mol. The van der Waals surface area contributed by atoms with E-state index in [2.05, 4.69) is 0 Å². The highest BCUT2D eigenvalue weighted by Gasteiger charge is 2.35. The van der Waals surface area contributed by atoms with Gasteiger partial charge >= 0.3 is 11.7 Å². The molecule has 8 nitrogen and oxygen atoms in total. The van der Waals surface area contributed by atoms with Gasteiger partial charge in [-0.05, 0) is 18.8 Å². The lowest BCUT2D eigenvalue weighted by Gasteiger charge is -2.39. The van der Waals surface area contributed by atoms with E-state index in [0.717, 1.165) is 25.7 Å². The lowest BCUT2D eigenvalue weighted by molar-refractivity contribution is -0.416. The quantitative estimate of drug-likeness (QED) is 0.304. The van der Waals surface area contributed by atoms with E-state index in [-0.39, 0.29) is 36.2 Å². The molecule has 1 rings (SSSR count). The molecular weight excluding hydrogens is 300 g/mol. The van der Waals surface area contributed by atoms with Crippen LogP contribution in [-0.2, 0) is 9.53 Å². The summed E-state index contributed by atoms with van der Waals surface area (Å²) < 4.78 is 4.76. The van der Waals surface area contributed by atoms with E-state index in [9.17, 15) is 14.9 Å². The Balaban J connectivity index is 3.28. The first-order valence-electron chi connectivity index (χ1n) is 7.83. The number of hydrogen-bond donors (Lipinski definition) is 2. The molecule has 0 heterocycles. The molecule has 0 amide bonds. The third-order valence-corrected chi connectivity index (χ3v) is 4.32. The van der Waals surface area contributed by atoms with Gasteiger partial charge in [0.25, 0.3) is 0 Å². The lowest BCUT2D eigenvalue weighted by atomic mass is 9.96. The zero-order valence-corrected chi connectivity index (χ0v) is 13.9. The highest BCUT2D eigenvalue weighted by atomic mass is 16.6. The van der Waals surface area contributed by atoms with Gasteiger partial charge in [-0.15, -0.1) is 0 Å².